The van der Waals surface area contributed by atoms with Crippen LogP contribution in [-0.2, 0) is 4.79 Å². The number of para-hydroxylation sites is 1. The maximum atomic E-state index is 12.4. The van der Waals surface area contributed by atoms with Crippen molar-refractivity contribution in [2.24, 2.45) is 10.2 Å². The molecule has 0 bridgehead atoms. The second-order valence-corrected chi connectivity index (χ2v) is 9.00. The van der Waals surface area contributed by atoms with Crippen LogP contribution in [-0.4, -0.2) is 32.8 Å². The number of amides is 1. The molecule has 1 aliphatic heterocycles. The highest BCUT2D eigenvalue weighted by molar-refractivity contribution is 8.15. The van der Waals surface area contributed by atoms with Crippen LogP contribution in [0.2, 0.25) is 0 Å². The minimum Gasteiger partial charge on any atom is -0.273 e. The van der Waals surface area contributed by atoms with E-state index in [1.54, 1.807) is 11.1 Å². The minimum absolute atomic E-state index is 0.00214. The standard InChI is InChI=1S/C27H23N5OS/c1-19-8-12-21(13-9-19)26-22(17-31(30-26)23-14-10-20(2)11-15-23)16-28-29-27-32(25(33)18-34-27)24-6-4-3-5-7-24/h3-17H,18H2,1-2H3. The first kappa shape index (κ1) is 21.9. The van der Waals surface area contributed by atoms with Crippen molar-refractivity contribution in [2.45, 2.75) is 13.8 Å². The third kappa shape index (κ3) is 4.56. The van der Waals surface area contributed by atoms with Gasteiger partial charge in [0.1, 0.15) is 5.69 Å². The van der Waals surface area contributed by atoms with Gasteiger partial charge in [0.25, 0.3) is 0 Å². The van der Waals surface area contributed by atoms with Crippen LogP contribution in [0.1, 0.15) is 16.7 Å². The quantitative estimate of drug-likeness (QED) is 0.284. The van der Waals surface area contributed by atoms with Crippen molar-refractivity contribution in [1.82, 2.24) is 9.78 Å². The van der Waals surface area contributed by atoms with Crippen LogP contribution in [0.5, 0.6) is 0 Å². The van der Waals surface area contributed by atoms with Crippen molar-refractivity contribution in [1.29, 1.82) is 0 Å². The molecule has 5 rings (SSSR count). The second kappa shape index (κ2) is 9.49. The molecule has 1 fully saturated rings. The molecule has 7 heteroatoms. The van der Waals surface area contributed by atoms with Crippen LogP contribution in [0.4, 0.5) is 5.69 Å². The van der Waals surface area contributed by atoms with Crippen LogP contribution in [0.25, 0.3) is 16.9 Å². The highest BCUT2D eigenvalue weighted by Crippen LogP contribution is 2.27. The molecule has 0 unspecified atom stereocenters. The summed E-state index contributed by atoms with van der Waals surface area (Å²) in [5, 5.41) is 14.1. The van der Waals surface area contributed by atoms with Crippen molar-refractivity contribution < 1.29 is 4.79 Å². The smallest absolute Gasteiger partial charge is 0.243 e. The summed E-state index contributed by atoms with van der Waals surface area (Å²) in [6.45, 7) is 4.12. The van der Waals surface area contributed by atoms with Gasteiger partial charge in [-0.05, 0) is 38.1 Å². The van der Waals surface area contributed by atoms with Crippen LogP contribution in [0, 0.1) is 13.8 Å². The van der Waals surface area contributed by atoms with Gasteiger partial charge in [0.15, 0.2) is 5.17 Å². The highest BCUT2D eigenvalue weighted by atomic mass is 32.2. The molecular formula is C27H23N5OS. The van der Waals surface area contributed by atoms with Crippen molar-refractivity contribution in [2.75, 3.05) is 10.7 Å². The summed E-state index contributed by atoms with van der Waals surface area (Å²) in [5.41, 5.74) is 6.80. The van der Waals surface area contributed by atoms with Crippen molar-refractivity contribution >= 4 is 34.7 Å². The Bertz CT molecular complexity index is 1370. The van der Waals surface area contributed by atoms with E-state index in [9.17, 15) is 4.79 Å². The molecule has 34 heavy (non-hydrogen) atoms. The number of benzene rings is 3. The fraction of sp³-hybridized carbons (Fsp3) is 0.111. The van der Waals surface area contributed by atoms with E-state index in [0.29, 0.717) is 10.9 Å². The number of hydrogen-bond donors (Lipinski definition) is 0. The number of rotatable bonds is 5. The van der Waals surface area contributed by atoms with E-state index >= 15 is 0 Å². The molecule has 0 aliphatic carbocycles. The molecule has 0 atom stereocenters. The molecule has 168 valence electrons. The number of nitrogens with zero attached hydrogens (tertiary/aromatic N) is 5. The number of carbonyl (C=O) groups is 1. The molecule has 6 nitrogen and oxygen atoms in total. The maximum Gasteiger partial charge on any atom is 0.243 e. The largest absolute Gasteiger partial charge is 0.273 e. The zero-order valence-electron chi connectivity index (χ0n) is 18.9. The Morgan fingerprint density at radius 2 is 1.56 bits per heavy atom. The minimum atomic E-state index is -0.00214. The molecule has 3 aromatic carbocycles. The van der Waals surface area contributed by atoms with Gasteiger partial charge in [0, 0.05) is 17.3 Å². The van der Waals surface area contributed by atoms with Crippen molar-refractivity contribution in [3.05, 3.63) is 102 Å². The Hall–Kier alpha value is -3.97. The Balaban J connectivity index is 1.50. The van der Waals surface area contributed by atoms with E-state index < -0.39 is 0 Å². The number of aromatic nitrogens is 2. The first-order valence-electron chi connectivity index (χ1n) is 10.9. The monoisotopic (exact) mass is 465 g/mol. The van der Waals surface area contributed by atoms with Gasteiger partial charge >= 0.3 is 0 Å². The Morgan fingerprint density at radius 1 is 0.882 bits per heavy atom. The Labute approximate surface area is 202 Å². The van der Waals surface area contributed by atoms with Gasteiger partial charge < -0.3 is 0 Å². The Kier molecular flexibility index (Phi) is 6.10. The fourth-order valence-electron chi connectivity index (χ4n) is 3.65. The zero-order chi connectivity index (χ0) is 23.5. The predicted molar refractivity (Wildman–Crippen MR) is 140 cm³/mol. The van der Waals surface area contributed by atoms with Crippen LogP contribution >= 0.6 is 11.8 Å². The summed E-state index contributed by atoms with van der Waals surface area (Å²) < 4.78 is 1.85. The summed E-state index contributed by atoms with van der Waals surface area (Å²) >= 11 is 1.39. The lowest BCUT2D eigenvalue weighted by molar-refractivity contribution is -0.115. The SMILES string of the molecule is Cc1ccc(-c2nn(-c3ccc(C)cc3)cc2C=NN=C2SCC(=O)N2c2ccccc2)cc1. The summed E-state index contributed by atoms with van der Waals surface area (Å²) in [6, 6.07) is 26.0. The van der Waals surface area contributed by atoms with Gasteiger partial charge in [-0.2, -0.15) is 10.2 Å². The molecule has 2 heterocycles. The van der Waals surface area contributed by atoms with E-state index in [0.717, 1.165) is 28.2 Å². The lowest BCUT2D eigenvalue weighted by atomic mass is 10.1. The van der Waals surface area contributed by atoms with Crippen molar-refractivity contribution in [3.8, 4) is 16.9 Å². The highest BCUT2D eigenvalue weighted by Gasteiger charge is 2.29. The molecule has 0 saturated carbocycles. The van der Waals surface area contributed by atoms with Crippen LogP contribution < -0.4 is 4.90 Å². The molecule has 0 radical (unpaired) electrons. The molecule has 1 aromatic heterocycles. The van der Waals surface area contributed by atoms with Gasteiger partial charge in [0.2, 0.25) is 5.91 Å². The maximum absolute atomic E-state index is 12.4. The average Bonchev–Trinajstić information content (AvgIpc) is 3.44. The normalized spacial score (nSPS) is 15.1. The topological polar surface area (TPSA) is 62.9 Å². The van der Waals surface area contributed by atoms with E-state index in [1.807, 2.05) is 53.3 Å². The lowest BCUT2D eigenvalue weighted by Crippen LogP contribution is -2.28. The predicted octanol–water partition coefficient (Wildman–Crippen LogP) is 5.63. The first-order valence-corrected chi connectivity index (χ1v) is 11.9. The summed E-state index contributed by atoms with van der Waals surface area (Å²) in [6.07, 6.45) is 3.65. The number of aryl methyl sites for hydroxylation is 2. The van der Waals surface area contributed by atoms with Crippen LogP contribution in [0.15, 0.2) is 95.3 Å². The molecule has 0 N–H and O–H groups in total. The van der Waals surface area contributed by atoms with Gasteiger partial charge in [-0.3, -0.25) is 9.69 Å². The van der Waals surface area contributed by atoms with Gasteiger partial charge in [-0.15, -0.1) is 5.10 Å². The van der Waals surface area contributed by atoms with E-state index in [-0.39, 0.29) is 5.91 Å². The first-order chi connectivity index (χ1) is 16.6. The van der Waals surface area contributed by atoms with Gasteiger partial charge in [-0.1, -0.05) is 77.5 Å². The zero-order valence-corrected chi connectivity index (χ0v) is 19.7. The second-order valence-electron chi connectivity index (χ2n) is 8.06. The van der Waals surface area contributed by atoms with Crippen LogP contribution in [0.3, 0.4) is 0 Å². The fourth-order valence-corrected chi connectivity index (χ4v) is 4.48. The molecule has 4 aromatic rings. The van der Waals surface area contributed by atoms with E-state index in [1.165, 1.54) is 22.9 Å². The molecule has 0 spiro atoms. The van der Waals surface area contributed by atoms with E-state index in [4.69, 9.17) is 5.10 Å². The summed E-state index contributed by atoms with van der Waals surface area (Å²) in [7, 11) is 0. The summed E-state index contributed by atoms with van der Waals surface area (Å²) in [5.74, 6) is 0.348. The lowest BCUT2D eigenvalue weighted by Gasteiger charge is -2.14. The molecule has 1 saturated heterocycles. The van der Waals surface area contributed by atoms with Gasteiger partial charge in [-0.25, -0.2) is 4.68 Å². The Morgan fingerprint density at radius 3 is 2.26 bits per heavy atom. The third-order valence-electron chi connectivity index (χ3n) is 5.49. The molecule has 1 aliphatic rings. The molecule has 1 amide bonds. The molecular weight excluding hydrogens is 442 g/mol. The summed E-state index contributed by atoms with van der Waals surface area (Å²) in [4.78, 5) is 14.0. The number of hydrogen-bond acceptors (Lipinski definition) is 5. The van der Waals surface area contributed by atoms with Gasteiger partial charge in [0.05, 0.1) is 23.3 Å². The van der Waals surface area contributed by atoms with E-state index in [2.05, 4.69) is 60.4 Å². The third-order valence-corrected chi connectivity index (χ3v) is 6.40. The number of thioether (sulfide) groups is 1. The number of anilines is 1. The average molecular weight is 466 g/mol. The van der Waals surface area contributed by atoms with Crippen molar-refractivity contribution in [3.63, 3.8) is 0 Å². The number of amidine groups is 1. The number of carbonyl (C=O) groups excluding carboxylic acids is 1.